The molecule has 114 valence electrons. The molecule has 0 aromatic rings. The molecule has 0 amide bonds. The van der Waals surface area contributed by atoms with E-state index in [0.29, 0.717) is 19.8 Å². The number of rotatable bonds is 2. The van der Waals surface area contributed by atoms with E-state index in [1.807, 2.05) is 0 Å². The van der Waals surface area contributed by atoms with E-state index in [0.717, 1.165) is 8.96 Å². The summed E-state index contributed by atoms with van der Waals surface area (Å²) < 4.78 is 24.2. The summed E-state index contributed by atoms with van der Waals surface area (Å²) in [6.45, 7) is 1.73. The molecular formula is C12H14Br4O4. The minimum Gasteiger partial charge on any atom is -0.379 e. The van der Waals surface area contributed by atoms with E-state index in [9.17, 15) is 0 Å². The third-order valence-electron chi connectivity index (χ3n) is 4.46. The zero-order chi connectivity index (χ0) is 14.8. The second kappa shape index (κ2) is 5.26. The van der Waals surface area contributed by atoms with E-state index in [-0.39, 0.29) is 12.0 Å². The third kappa shape index (κ3) is 1.56. The predicted octanol–water partition coefficient (Wildman–Crippen LogP) is 3.30. The average molecular weight is 542 g/mol. The molecule has 3 rings (SSSR count). The van der Waals surface area contributed by atoms with Crippen molar-refractivity contribution in [1.82, 2.24) is 0 Å². The van der Waals surface area contributed by atoms with Crippen molar-refractivity contribution in [2.75, 3.05) is 34.0 Å². The van der Waals surface area contributed by atoms with Crippen LogP contribution >= 0.6 is 63.7 Å². The molecule has 0 spiro atoms. The van der Waals surface area contributed by atoms with Crippen molar-refractivity contribution < 1.29 is 18.9 Å². The van der Waals surface area contributed by atoms with Crippen LogP contribution in [0.5, 0.6) is 0 Å². The molecule has 1 saturated heterocycles. The SMILES string of the molecule is COC1(OC)[C@@]2(Br)C(Br)=C(Br)[C@]1(Br)[C@@H]1OCCOC[C@@H]12. The molecule has 4 nitrogen and oxygen atoms in total. The van der Waals surface area contributed by atoms with Gasteiger partial charge in [0.1, 0.15) is 8.65 Å². The van der Waals surface area contributed by atoms with Crippen molar-refractivity contribution in [3.63, 3.8) is 0 Å². The van der Waals surface area contributed by atoms with Gasteiger partial charge in [-0.15, -0.1) is 0 Å². The maximum absolute atomic E-state index is 6.06. The molecule has 0 N–H and O–H groups in total. The summed E-state index contributed by atoms with van der Waals surface area (Å²) >= 11 is 15.1. The first-order chi connectivity index (χ1) is 9.41. The highest BCUT2D eigenvalue weighted by molar-refractivity contribution is 9.16. The Hall–Kier alpha value is 1.50. The zero-order valence-electron chi connectivity index (χ0n) is 10.9. The summed E-state index contributed by atoms with van der Waals surface area (Å²) in [5, 5.41) is 0. The van der Waals surface area contributed by atoms with Crippen LogP contribution in [0.1, 0.15) is 0 Å². The fraction of sp³-hybridized carbons (Fsp3) is 0.833. The molecule has 0 aromatic heterocycles. The van der Waals surface area contributed by atoms with E-state index < -0.39 is 14.4 Å². The van der Waals surface area contributed by atoms with Crippen molar-refractivity contribution in [3.8, 4) is 0 Å². The minimum absolute atomic E-state index is 0.0555. The van der Waals surface area contributed by atoms with E-state index in [2.05, 4.69) is 63.7 Å². The highest BCUT2D eigenvalue weighted by Gasteiger charge is 2.84. The summed E-state index contributed by atoms with van der Waals surface area (Å²) in [5.74, 6) is -0.881. The van der Waals surface area contributed by atoms with Crippen LogP contribution in [0.15, 0.2) is 8.96 Å². The Labute approximate surface area is 151 Å². The quantitative estimate of drug-likeness (QED) is 0.397. The van der Waals surface area contributed by atoms with Crippen LogP contribution in [-0.4, -0.2) is 54.6 Å². The first-order valence-electron chi connectivity index (χ1n) is 6.15. The zero-order valence-corrected chi connectivity index (χ0v) is 17.3. The summed E-state index contributed by atoms with van der Waals surface area (Å²) in [5.41, 5.74) is 0. The van der Waals surface area contributed by atoms with Crippen LogP contribution in [0.4, 0.5) is 0 Å². The average Bonchev–Trinajstić information content (AvgIpc) is 2.68. The molecule has 0 radical (unpaired) electrons. The molecule has 2 aliphatic carbocycles. The first-order valence-corrected chi connectivity index (χ1v) is 9.32. The number of hydrogen-bond donors (Lipinski definition) is 0. The second-order valence-electron chi connectivity index (χ2n) is 5.05. The normalized spacial score (nSPS) is 46.5. The Bertz CT molecular complexity index is 430. The van der Waals surface area contributed by atoms with Crippen LogP contribution in [0, 0.1) is 5.92 Å². The Kier molecular flexibility index (Phi) is 4.30. The fourth-order valence-corrected chi connectivity index (χ4v) is 8.59. The number of hydrogen-bond acceptors (Lipinski definition) is 4. The van der Waals surface area contributed by atoms with Gasteiger partial charge in [-0.3, -0.25) is 0 Å². The molecule has 0 aromatic carbocycles. The minimum atomic E-state index is -0.937. The molecule has 2 bridgehead atoms. The van der Waals surface area contributed by atoms with Crippen LogP contribution in [0.25, 0.3) is 0 Å². The van der Waals surface area contributed by atoms with Crippen molar-refractivity contribution in [1.29, 1.82) is 0 Å². The number of fused-ring (bicyclic) bond motifs is 5. The summed E-state index contributed by atoms with van der Waals surface area (Å²) in [6, 6.07) is 0. The molecule has 1 aliphatic heterocycles. The van der Waals surface area contributed by atoms with Crippen molar-refractivity contribution in [3.05, 3.63) is 8.96 Å². The summed E-state index contributed by atoms with van der Waals surface area (Å²) in [4.78, 5) is 0. The van der Waals surface area contributed by atoms with Crippen LogP contribution in [0.2, 0.25) is 0 Å². The fourth-order valence-electron chi connectivity index (χ4n) is 3.63. The monoisotopic (exact) mass is 538 g/mol. The van der Waals surface area contributed by atoms with Gasteiger partial charge in [-0.25, -0.2) is 0 Å². The first kappa shape index (κ1) is 16.4. The van der Waals surface area contributed by atoms with E-state index in [1.165, 1.54) is 0 Å². The number of alkyl halides is 2. The van der Waals surface area contributed by atoms with Gasteiger partial charge >= 0.3 is 0 Å². The Morgan fingerprint density at radius 3 is 2.25 bits per heavy atom. The topological polar surface area (TPSA) is 36.9 Å². The lowest BCUT2D eigenvalue weighted by Crippen LogP contribution is -2.57. The van der Waals surface area contributed by atoms with Gasteiger partial charge in [0.15, 0.2) is 0 Å². The van der Waals surface area contributed by atoms with E-state index in [4.69, 9.17) is 18.9 Å². The molecule has 4 atom stereocenters. The van der Waals surface area contributed by atoms with Gasteiger partial charge in [-0.1, -0.05) is 63.7 Å². The third-order valence-corrected chi connectivity index (χ3v) is 11.0. The highest BCUT2D eigenvalue weighted by Crippen LogP contribution is 2.74. The Balaban J connectivity index is 2.24. The Morgan fingerprint density at radius 2 is 1.65 bits per heavy atom. The molecule has 20 heavy (non-hydrogen) atoms. The van der Waals surface area contributed by atoms with Crippen LogP contribution in [-0.2, 0) is 18.9 Å². The van der Waals surface area contributed by atoms with Crippen molar-refractivity contribution in [2.24, 2.45) is 5.92 Å². The van der Waals surface area contributed by atoms with Gasteiger partial charge < -0.3 is 18.9 Å². The molecular weight excluding hydrogens is 528 g/mol. The van der Waals surface area contributed by atoms with Gasteiger partial charge in [0.05, 0.1) is 25.9 Å². The number of methoxy groups -OCH3 is 2. The highest BCUT2D eigenvalue weighted by atomic mass is 79.9. The summed E-state index contributed by atoms with van der Waals surface area (Å²) in [6.07, 6.45) is -0.125. The molecule has 8 heteroatoms. The molecule has 1 saturated carbocycles. The summed E-state index contributed by atoms with van der Waals surface area (Å²) in [7, 11) is 3.29. The number of halogens is 4. The van der Waals surface area contributed by atoms with Crippen molar-refractivity contribution in [2.45, 2.75) is 20.5 Å². The lowest BCUT2D eigenvalue weighted by atomic mass is 9.91. The van der Waals surface area contributed by atoms with Crippen LogP contribution < -0.4 is 0 Å². The maximum Gasteiger partial charge on any atom is 0.211 e. The second-order valence-corrected chi connectivity index (χ2v) is 9.14. The van der Waals surface area contributed by atoms with Crippen LogP contribution in [0.3, 0.4) is 0 Å². The van der Waals surface area contributed by atoms with Gasteiger partial charge in [-0.2, -0.15) is 0 Å². The van der Waals surface area contributed by atoms with Gasteiger partial charge in [0.25, 0.3) is 0 Å². The maximum atomic E-state index is 6.06. The lowest BCUT2D eigenvalue weighted by Gasteiger charge is -2.42. The molecule has 1 heterocycles. The van der Waals surface area contributed by atoms with Gasteiger partial charge in [0, 0.05) is 29.1 Å². The van der Waals surface area contributed by atoms with Gasteiger partial charge in [0.2, 0.25) is 5.79 Å². The molecule has 2 fully saturated rings. The molecule has 3 aliphatic rings. The smallest absolute Gasteiger partial charge is 0.211 e. The largest absolute Gasteiger partial charge is 0.379 e. The molecule has 0 unspecified atom stereocenters. The van der Waals surface area contributed by atoms with Gasteiger partial charge in [-0.05, 0) is 0 Å². The Morgan fingerprint density at radius 1 is 1.05 bits per heavy atom. The van der Waals surface area contributed by atoms with E-state index in [1.54, 1.807) is 14.2 Å². The van der Waals surface area contributed by atoms with E-state index >= 15 is 0 Å². The van der Waals surface area contributed by atoms with Crippen molar-refractivity contribution >= 4 is 63.7 Å². The standard InChI is InChI=1S/C12H14Br4O4/c1-17-12(18-2)10(15)6-5-19-3-4-20-9(6)11(12,16)8(14)7(10)13/h6,9H,3-5H2,1-2H3/t6-,9+,10-,11-/m0/s1. The lowest BCUT2D eigenvalue weighted by molar-refractivity contribution is -0.218. The number of ether oxygens (including phenoxy) is 4. The predicted molar refractivity (Wildman–Crippen MR) is 89.0 cm³/mol.